The molecule has 3 aliphatic rings. The number of benzene rings is 2. The lowest BCUT2D eigenvalue weighted by Gasteiger charge is -2.35. The van der Waals surface area contributed by atoms with Crippen LogP contribution in [0.1, 0.15) is 26.7 Å². The number of likely N-dealkylation sites (tertiary alicyclic amines) is 1. The summed E-state index contributed by atoms with van der Waals surface area (Å²) in [5, 5.41) is 15.0. The van der Waals surface area contributed by atoms with Gasteiger partial charge in [-0.15, -0.1) is 11.8 Å². The number of nitrogens with zero attached hydrogens (tertiary/aromatic N) is 1. The van der Waals surface area contributed by atoms with Gasteiger partial charge in [-0.25, -0.2) is 0 Å². The SMILES string of the molecule is CCOC(=O)[C@@H]1[C@H]2C(=O)N([C@H](C)CO)C(C(=O)Nc3ccc4ccccc4c3)C23CC[C@H]1S3. The van der Waals surface area contributed by atoms with Crippen molar-refractivity contribution in [2.75, 3.05) is 18.5 Å². The number of carbonyl (C=O) groups is 3. The van der Waals surface area contributed by atoms with Gasteiger partial charge in [0, 0.05) is 10.9 Å². The average molecular weight is 469 g/mol. The van der Waals surface area contributed by atoms with Crippen LogP contribution in [0.2, 0.25) is 0 Å². The molecule has 2 bridgehead atoms. The van der Waals surface area contributed by atoms with E-state index >= 15 is 0 Å². The van der Waals surface area contributed by atoms with Gasteiger partial charge in [-0.2, -0.15) is 0 Å². The Labute approximate surface area is 196 Å². The first-order valence-corrected chi connectivity index (χ1v) is 12.4. The van der Waals surface area contributed by atoms with Gasteiger partial charge in [0.15, 0.2) is 0 Å². The minimum absolute atomic E-state index is 0.0273. The maximum atomic E-state index is 13.7. The Hall–Kier alpha value is -2.58. The van der Waals surface area contributed by atoms with Gasteiger partial charge in [0.25, 0.3) is 0 Å². The summed E-state index contributed by atoms with van der Waals surface area (Å²) in [6, 6.07) is 12.3. The zero-order chi connectivity index (χ0) is 23.3. The Bertz CT molecular complexity index is 1120. The topological polar surface area (TPSA) is 95.9 Å². The molecule has 7 nitrogen and oxygen atoms in total. The maximum Gasteiger partial charge on any atom is 0.310 e. The van der Waals surface area contributed by atoms with Gasteiger partial charge in [0.05, 0.1) is 35.8 Å². The normalized spacial score (nSPS) is 31.0. The highest BCUT2D eigenvalue weighted by Gasteiger charge is 2.74. The lowest BCUT2D eigenvalue weighted by molar-refractivity contribution is -0.154. The number of nitrogens with one attached hydrogen (secondary N) is 1. The zero-order valence-corrected chi connectivity index (χ0v) is 19.5. The van der Waals surface area contributed by atoms with Gasteiger partial charge >= 0.3 is 5.97 Å². The van der Waals surface area contributed by atoms with Gasteiger partial charge in [-0.1, -0.05) is 30.3 Å². The molecule has 3 heterocycles. The second kappa shape index (κ2) is 8.33. The number of rotatable bonds is 6. The molecule has 2 aromatic carbocycles. The number of ether oxygens (including phenoxy) is 1. The molecule has 8 heteroatoms. The molecule has 2 N–H and O–H groups in total. The lowest BCUT2D eigenvalue weighted by Crippen LogP contribution is -2.54. The molecule has 3 aliphatic heterocycles. The van der Waals surface area contributed by atoms with Gasteiger partial charge in [0.2, 0.25) is 11.8 Å². The smallest absolute Gasteiger partial charge is 0.310 e. The summed E-state index contributed by atoms with van der Waals surface area (Å²) in [6.45, 7) is 3.49. The molecule has 2 unspecified atom stereocenters. The van der Waals surface area contributed by atoms with Crippen LogP contribution in [0.4, 0.5) is 5.69 Å². The second-order valence-electron chi connectivity index (χ2n) is 9.14. The summed E-state index contributed by atoms with van der Waals surface area (Å²) < 4.78 is 4.62. The van der Waals surface area contributed by atoms with Crippen molar-refractivity contribution in [3.63, 3.8) is 0 Å². The number of aliphatic hydroxyl groups is 1. The van der Waals surface area contributed by atoms with E-state index in [-0.39, 0.29) is 36.2 Å². The number of anilines is 1. The van der Waals surface area contributed by atoms with E-state index in [1.807, 2.05) is 42.5 Å². The van der Waals surface area contributed by atoms with E-state index in [1.54, 1.807) is 25.6 Å². The standard InChI is InChI=1S/C25H28N2O5S/c1-3-32-24(31)19-18-10-11-25(33-18)20(19)23(30)27(14(2)13-28)21(25)22(29)26-17-9-8-15-6-4-5-7-16(15)12-17/h4-9,12,14,18-21,28H,3,10-11,13H2,1-2H3,(H,26,29)/t14-,18-,19+,20+,21?,25?/m1/s1. The Morgan fingerprint density at radius 2 is 2.03 bits per heavy atom. The molecule has 0 aromatic heterocycles. The van der Waals surface area contributed by atoms with E-state index < -0.39 is 28.7 Å². The minimum atomic E-state index is -0.766. The van der Waals surface area contributed by atoms with Crippen LogP contribution >= 0.6 is 11.8 Å². The molecule has 1 spiro atoms. The fourth-order valence-corrected chi connectivity index (χ4v) is 8.13. The van der Waals surface area contributed by atoms with Crippen molar-refractivity contribution in [1.82, 2.24) is 4.90 Å². The summed E-state index contributed by atoms with van der Waals surface area (Å²) in [4.78, 5) is 41.7. The highest BCUT2D eigenvalue weighted by Crippen LogP contribution is 2.66. The Morgan fingerprint density at radius 3 is 2.76 bits per heavy atom. The van der Waals surface area contributed by atoms with Crippen LogP contribution in [0.25, 0.3) is 10.8 Å². The first kappa shape index (κ1) is 22.2. The molecule has 6 atom stereocenters. The van der Waals surface area contributed by atoms with Crippen molar-refractivity contribution >= 4 is 46.0 Å². The van der Waals surface area contributed by atoms with E-state index in [4.69, 9.17) is 4.74 Å². The van der Waals surface area contributed by atoms with Gasteiger partial charge in [0.1, 0.15) is 6.04 Å². The predicted molar refractivity (Wildman–Crippen MR) is 127 cm³/mol. The third kappa shape index (κ3) is 3.34. The van der Waals surface area contributed by atoms with Crippen molar-refractivity contribution in [2.45, 2.75) is 48.8 Å². The number of hydrogen-bond donors (Lipinski definition) is 2. The quantitative estimate of drug-likeness (QED) is 0.633. The van der Waals surface area contributed by atoms with Gasteiger partial charge in [-0.3, -0.25) is 14.4 Å². The van der Waals surface area contributed by atoms with Gasteiger partial charge in [-0.05, 0) is 49.6 Å². The minimum Gasteiger partial charge on any atom is -0.466 e. The first-order valence-electron chi connectivity index (χ1n) is 11.5. The lowest BCUT2D eigenvalue weighted by atomic mass is 9.71. The number of esters is 1. The average Bonchev–Trinajstić information content (AvgIpc) is 3.46. The Kier molecular flexibility index (Phi) is 5.61. The molecular formula is C25H28N2O5S. The molecule has 3 saturated heterocycles. The molecule has 3 fully saturated rings. The van der Waals surface area contributed by atoms with E-state index in [9.17, 15) is 19.5 Å². The molecule has 5 rings (SSSR count). The highest BCUT2D eigenvalue weighted by atomic mass is 32.2. The van der Waals surface area contributed by atoms with E-state index in [0.717, 1.165) is 17.2 Å². The van der Waals surface area contributed by atoms with Crippen LogP contribution in [-0.2, 0) is 19.1 Å². The van der Waals surface area contributed by atoms with Crippen LogP contribution in [0.15, 0.2) is 42.5 Å². The van der Waals surface area contributed by atoms with E-state index in [0.29, 0.717) is 12.1 Å². The van der Waals surface area contributed by atoms with E-state index in [1.165, 1.54) is 4.90 Å². The molecule has 0 aliphatic carbocycles. The monoisotopic (exact) mass is 468 g/mol. The molecule has 2 amide bonds. The molecular weight excluding hydrogens is 440 g/mol. The molecule has 0 saturated carbocycles. The molecule has 2 aromatic rings. The summed E-state index contributed by atoms with van der Waals surface area (Å²) in [6.07, 6.45) is 1.44. The molecule has 174 valence electrons. The van der Waals surface area contributed by atoms with Crippen LogP contribution in [0, 0.1) is 11.8 Å². The molecule has 33 heavy (non-hydrogen) atoms. The van der Waals surface area contributed by atoms with Crippen molar-refractivity contribution in [1.29, 1.82) is 0 Å². The number of hydrogen-bond acceptors (Lipinski definition) is 6. The predicted octanol–water partition coefficient (Wildman–Crippen LogP) is 2.81. The largest absolute Gasteiger partial charge is 0.466 e. The first-order chi connectivity index (χ1) is 15.9. The van der Waals surface area contributed by atoms with Gasteiger partial charge < -0.3 is 20.1 Å². The number of thioether (sulfide) groups is 1. The van der Waals surface area contributed by atoms with E-state index in [2.05, 4.69) is 5.32 Å². The Balaban J connectivity index is 1.50. The fraction of sp³-hybridized carbons (Fsp3) is 0.480. The highest BCUT2D eigenvalue weighted by molar-refractivity contribution is 8.02. The maximum absolute atomic E-state index is 13.7. The van der Waals surface area contributed by atoms with Crippen molar-refractivity contribution in [3.8, 4) is 0 Å². The number of aliphatic hydroxyl groups excluding tert-OH is 1. The summed E-state index contributed by atoms with van der Waals surface area (Å²) >= 11 is 1.59. The Morgan fingerprint density at radius 1 is 1.27 bits per heavy atom. The van der Waals surface area contributed by atoms with Crippen molar-refractivity contribution < 1.29 is 24.2 Å². The summed E-state index contributed by atoms with van der Waals surface area (Å²) in [5.74, 6) is -2.03. The molecule has 0 radical (unpaired) electrons. The third-order valence-electron chi connectivity index (χ3n) is 7.30. The fourth-order valence-electron chi connectivity index (χ4n) is 5.94. The summed E-state index contributed by atoms with van der Waals surface area (Å²) in [7, 11) is 0. The van der Waals surface area contributed by atoms with Crippen molar-refractivity contribution in [2.24, 2.45) is 11.8 Å². The zero-order valence-electron chi connectivity index (χ0n) is 18.7. The van der Waals surface area contributed by atoms with Crippen LogP contribution in [0.3, 0.4) is 0 Å². The second-order valence-corrected chi connectivity index (χ2v) is 10.7. The number of fused-ring (bicyclic) bond motifs is 2. The van der Waals surface area contributed by atoms with Crippen molar-refractivity contribution in [3.05, 3.63) is 42.5 Å². The summed E-state index contributed by atoms with van der Waals surface area (Å²) in [5.41, 5.74) is 0.655. The number of amides is 2. The van der Waals surface area contributed by atoms with Crippen LogP contribution in [-0.4, -0.2) is 63.1 Å². The van der Waals surface area contributed by atoms with Crippen LogP contribution < -0.4 is 5.32 Å². The van der Waals surface area contributed by atoms with Crippen LogP contribution in [0.5, 0.6) is 0 Å². The number of carbonyl (C=O) groups excluding carboxylic acids is 3. The third-order valence-corrected chi connectivity index (χ3v) is 9.25.